The highest BCUT2D eigenvalue weighted by atomic mass is 32.2. The second-order valence-electron chi connectivity index (χ2n) is 10.6. The highest BCUT2D eigenvalue weighted by Gasteiger charge is 2.48. The summed E-state index contributed by atoms with van der Waals surface area (Å²) >= 11 is 0. The number of nitrogens with one attached hydrogen (secondary N) is 1. The van der Waals surface area contributed by atoms with Gasteiger partial charge in [0.1, 0.15) is 17.7 Å². The molecule has 1 aliphatic rings. The first-order chi connectivity index (χ1) is 20.4. The molecule has 0 bridgehead atoms. The average Bonchev–Trinajstić information content (AvgIpc) is 2.94. The number of hydrogen-bond acceptors (Lipinski definition) is 7. The maximum Gasteiger partial charge on any atom is 0.308 e. The van der Waals surface area contributed by atoms with Gasteiger partial charge in [0.15, 0.2) is 0 Å². The van der Waals surface area contributed by atoms with Crippen molar-refractivity contribution in [2.45, 2.75) is 51.7 Å². The average molecular weight is 611 g/mol. The lowest BCUT2D eigenvalue weighted by Crippen LogP contribution is -2.55. The third-order valence-electron chi connectivity index (χ3n) is 7.21. The molecular formula is C32H35FN2O7S. The molecular weight excluding hydrogens is 575 g/mol. The number of hydrogen-bond donors (Lipinski definition) is 1. The summed E-state index contributed by atoms with van der Waals surface area (Å²) in [5.41, 5.74) is 3.21. The van der Waals surface area contributed by atoms with Gasteiger partial charge in [-0.3, -0.25) is 14.4 Å². The van der Waals surface area contributed by atoms with Gasteiger partial charge in [-0.05, 0) is 78.8 Å². The molecule has 0 aromatic heterocycles. The van der Waals surface area contributed by atoms with Gasteiger partial charge in [-0.25, -0.2) is 17.5 Å². The van der Waals surface area contributed by atoms with E-state index in [4.69, 9.17) is 9.47 Å². The van der Waals surface area contributed by atoms with Crippen LogP contribution in [0.15, 0.2) is 72.8 Å². The SMILES string of the molecule is CC(=O)Oc1ccc([C@@H]2C(CC[C@H](OC(C)=O)c3ccc(F)cc3)C(=O)N2c2ccc(CCCNS(C)(=O)=O)cc2)cc1. The van der Waals surface area contributed by atoms with Crippen LogP contribution in [0.2, 0.25) is 0 Å². The Kier molecular flexibility index (Phi) is 10.3. The molecule has 3 aromatic carbocycles. The first kappa shape index (κ1) is 31.8. The van der Waals surface area contributed by atoms with Gasteiger partial charge in [0.05, 0.1) is 18.2 Å². The number of halogens is 1. The first-order valence-corrected chi connectivity index (χ1v) is 15.9. The molecule has 11 heteroatoms. The Morgan fingerprint density at radius 2 is 1.60 bits per heavy atom. The maximum atomic E-state index is 13.6. The van der Waals surface area contributed by atoms with Gasteiger partial charge in [-0.1, -0.05) is 36.4 Å². The molecule has 3 atom stereocenters. The van der Waals surface area contributed by atoms with Crippen molar-refractivity contribution in [1.82, 2.24) is 4.72 Å². The fraction of sp³-hybridized carbons (Fsp3) is 0.344. The Labute approximate surface area is 251 Å². The number of amides is 1. The van der Waals surface area contributed by atoms with Gasteiger partial charge in [0, 0.05) is 26.1 Å². The third-order valence-corrected chi connectivity index (χ3v) is 7.94. The summed E-state index contributed by atoms with van der Waals surface area (Å²) in [6, 6.07) is 20.0. The van der Waals surface area contributed by atoms with Crippen LogP contribution in [-0.2, 0) is 35.6 Å². The van der Waals surface area contributed by atoms with Crippen molar-refractivity contribution in [1.29, 1.82) is 0 Å². The van der Waals surface area contributed by atoms with E-state index in [0.717, 1.165) is 17.4 Å². The lowest BCUT2D eigenvalue weighted by molar-refractivity contribution is -0.147. The first-order valence-electron chi connectivity index (χ1n) is 14.0. The monoisotopic (exact) mass is 610 g/mol. The van der Waals surface area contributed by atoms with E-state index in [0.29, 0.717) is 49.2 Å². The number of benzene rings is 3. The van der Waals surface area contributed by atoms with Crippen molar-refractivity contribution >= 4 is 33.6 Å². The normalized spacial score (nSPS) is 17.2. The molecule has 3 aromatic rings. The quantitative estimate of drug-likeness (QED) is 0.125. The van der Waals surface area contributed by atoms with Gasteiger partial charge in [-0.15, -0.1) is 0 Å². The van der Waals surface area contributed by atoms with E-state index in [1.165, 1.54) is 26.0 Å². The van der Waals surface area contributed by atoms with Crippen LogP contribution in [0.4, 0.5) is 10.1 Å². The third kappa shape index (κ3) is 8.71. The molecule has 0 radical (unpaired) electrons. The Morgan fingerprint density at radius 3 is 2.19 bits per heavy atom. The van der Waals surface area contributed by atoms with E-state index < -0.39 is 39.8 Å². The van der Waals surface area contributed by atoms with Crippen LogP contribution < -0.4 is 14.4 Å². The van der Waals surface area contributed by atoms with E-state index in [9.17, 15) is 27.2 Å². The topological polar surface area (TPSA) is 119 Å². The van der Waals surface area contributed by atoms with E-state index in [-0.39, 0.29) is 11.9 Å². The second kappa shape index (κ2) is 13.9. The predicted molar refractivity (Wildman–Crippen MR) is 159 cm³/mol. The molecule has 4 rings (SSSR count). The number of sulfonamides is 1. The number of anilines is 1. The van der Waals surface area contributed by atoms with Gasteiger partial charge >= 0.3 is 11.9 Å². The number of ether oxygens (including phenoxy) is 2. The Bertz CT molecular complexity index is 1540. The zero-order valence-corrected chi connectivity index (χ0v) is 25.1. The molecule has 1 saturated heterocycles. The largest absolute Gasteiger partial charge is 0.458 e. The van der Waals surface area contributed by atoms with Crippen LogP contribution in [0, 0.1) is 11.7 Å². The Balaban J connectivity index is 1.53. The minimum Gasteiger partial charge on any atom is -0.458 e. The van der Waals surface area contributed by atoms with Crippen molar-refractivity contribution in [3.05, 3.63) is 95.3 Å². The van der Waals surface area contributed by atoms with Crippen molar-refractivity contribution in [3.8, 4) is 5.75 Å². The van der Waals surface area contributed by atoms with Gasteiger partial charge in [-0.2, -0.15) is 0 Å². The number of aryl methyl sites for hydroxylation is 1. The number of nitrogens with zero attached hydrogens (tertiary/aromatic N) is 1. The van der Waals surface area contributed by atoms with Crippen LogP contribution in [0.25, 0.3) is 0 Å². The molecule has 1 heterocycles. The summed E-state index contributed by atoms with van der Waals surface area (Å²) in [6.45, 7) is 2.97. The van der Waals surface area contributed by atoms with Crippen molar-refractivity contribution < 1.29 is 36.7 Å². The molecule has 228 valence electrons. The minimum atomic E-state index is -3.24. The Hall–Kier alpha value is -4.09. The molecule has 1 amide bonds. The van der Waals surface area contributed by atoms with Crippen LogP contribution in [0.3, 0.4) is 0 Å². The number of β-lactam (4-membered cyclic amide) rings is 1. The maximum absolute atomic E-state index is 13.6. The van der Waals surface area contributed by atoms with E-state index in [2.05, 4.69) is 4.72 Å². The van der Waals surface area contributed by atoms with Crippen LogP contribution in [-0.4, -0.2) is 39.1 Å². The molecule has 1 fully saturated rings. The molecule has 1 unspecified atom stereocenters. The number of carbonyl (C=O) groups is 3. The van der Waals surface area contributed by atoms with Crippen molar-refractivity contribution in [2.24, 2.45) is 5.92 Å². The minimum absolute atomic E-state index is 0.0835. The second-order valence-corrected chi connectivity index (χ2v) is 12.4. The lowest BCUT2D eigenvalue weighted by atomic mass is 9.78. The summed E-state index contributed by atoms with van der Waals surface area (Å²) in [4.78, 5) is 38.5. The Morgan fingerprint density at radius 1 is 0.953 bits per heavy atom. The summed E-state index contributed by atoms with van der Waals surface area (Å²) in [5, 5.41) is 0. The number of esters is 2. The summed E-state index contributed by atoms with van der Waals surface area (Å²) in [6.07, 6.45) is 2.56. The summed E-state index contributed by atoms with van der Waals surface area (Å²) < 4.78 is 49.3. The standard InChI is InChI=1S/C32H35FN2O7S/c1-21(36)41-28-16-10-25(11-17-28)31-29(18-19-30(42-22(2)37)24-8-12-26(33)13-9-24)32(38)35(31)27-14-6-23(7-15-27)5-4-20-34-43(3,39)40/h6-17,29-31,34H,4-5,18-20H2,1-3H3/t29?,30-,31+/m0/s1. The summed E-state index contributed by atoms with van der Waals surface area (Å²) in [5.74, 6) is -1.41. The molecule has 9 nitrogen and oxygen atoms in total. The van der Waals surface area contributed by atoms with Crippen LogP contribution in [0.5, 0.6) is 5.75 Å². The fourth-order valence-corrected chi connectivity index (χ4v) is 5.79. The fourth-order valence-electron chi connectivity index (χ4n) is 5.27. The van der Waals surface area contributed by atoms with Crippen LogP contribution >= 0.6 is 0 Å². The number of carbonyl (C=O) groups excluding carboxylic acids is 3. The molecule has 1 aliphatic heterocycles. The lowest BCUT2D eigenvalue weighted by Gasteiger charge is -2.48. The van der Waals surface area contributed by atoms with Crippen molar-refractivity contribution in [3.63, 3.8) is 0 Å². The van der Waals surface area contributed by atoms with E-state index in [1.807, 2.05) is 36.4 Å². The van der Waals surface area contributed by atoms with Gasteiger partial charge in [0.2, 0.25) is 15.9 Å². The zero-order chi connectivity index (χ0) is 31.1. The van der Waals surface area contributed by atoms with Gasteiger partial charge in [0.25, 0.3) is 0 Å². The van der Waals surface area contributed by atoms with Crippen molar-refractivity contribution in [2.75, 3.05) is 17.7 Å². The zero-order valence-electron chi connectivity index (χ0n) is 24.3. The highest BCUT2D eigenvalue weighted by Crippen LogP contribution is 2.47. The number of rotatable bonds is 13. The predicted octanol–water partition coefficient (Wildman–Crippen LogP) is 5.02. The summed E-state index contributed by atoms with van der Waals surface area (Å²) in [7, 11) is -3.24. The molecule has 43 heavy (non-hydrogen) atoms. The van der Waals surface area contributed by atoms with Crippen LogP contribution in [0.1, 0.15) is 61.9 Å². The highest BCUT2D eigenvalue weighted by molar-refractivity contribution is 7.88. The molecule has 1 N–H and O–H groups in total. The molecule has 0 saturated carbocycles. The van der Waals surface area contributed by atoms with E-state index in [1.54, 1.807) is 29.2 Å². The molecule has 0 spiro atoms. The van der Waals surface area contributed by atoms with Gasteiger partial charge < -0.3 is 14.4 Å². The molecule has 0 aliphatic carbocycles. The van der Waals surface area contributed by atoms with E-state index >= 15 is 0 Å². The smallest absolute Gasteiger partial charge is 0.308 e.